The Morgan fingerprint density at radius 2 is 1.10 bits per heavy atom. The lowest BCUT2D eigenvalue weighted by Gasteiger charge is -2.45. The van der Waals surface area contributed by atoms with Crippen LogP contribution in [0, 0.1) is 0 Å². The van der Waals surface area contributed by atoms with E-state index in [1.54, 1.807) is 0 Å². The van der Waals surface area contributed by atoms with Crippen molar-refractivity contribution in [2.24, 2.45) is 0 Å². The average Bonchev–Trinajstić information content (AvgIpc) is 2.78. The van der Waals surface area contributed by atoms with Gasteiger partial charge in [-0.05, 0) is 0 Å². The first-order valence-corrected chi connectivity index (χ1v) is 10.5. The highest BCUT2D eigenvalue weighted by Gasteiger charge is 2.50. The van der Waals surface area contributed by atoms with Crippen molar-refractivity contribution in [1.29, 1.82) is 0 Å². The fraction of sp³-hybridized carbons (Fsp3) is 1.00. The molecule has 186 valence electrons. The van der Waals surface area contributed by atoms with Gasteiger partial charge in [0.15, 0.2) is 12.6 Å². The number of rotatable bonds is 5. The molecule has 2 aliphatic heterocycles. The van der Waals surface area contributed by atoms with E-state index >= 15 is 0 Å². The minimum Gasteiger partial charge on any atom is -0.394 e. The van der Waals surface area contributed by atoms with Gasteiger partial charge in [0.25, 0.3) is 0 Å². The van der Waals surface area contributed by atoms with Gasteiger partial charge < -0.3 is 54.7 Å². The lowest BCUT2D eigenvalue weighted by atomic mass is 9.97. The van der Waals surface area contributed by atoms with Crippen LogP contribution >= 0.6 is 0 Å². The van der Waals surface area contributed by atoms with E-state index in [4.69, 9.17) is 24.1 Å². The van der Waals surface area contributed by atoms with Gasteiger partial charge in [-0.1, -0.05) is 46.0 Å². The Hall–Kier alpha value is -0.440. The van der Waals surface area contributed by atoms with Crippen LogP contribution in [0.1, 0.15) is 46.0 Å². The number of methoxy groups -OCH3 is 1. The van der Waals surface area contributed by atoms with Gasteiger partial charge in [0, 0.05) is 7.11 Å². The van der Waals surface area contributed by atoms with E-state index in [-0.39, 0.29) is 7.43 Å². The highest BCUT2D eigenvalue weighted by molar-refractivity contribution is 4.93. The molecule has 0 amide bonds. The van der Waals surface area contributed by atoms with Crippen molar-refractivity contribution in [2.45, 2.75) is 107 Å². The van der Waals surface area contributed by atoms with Crippen LogP contribution in [0.3, 0.4) is 0 Å². The topological polar surface area (TPSA) is 179 Å². The summed E-state index contributed by atoms with van der Waals surface area (Å²) in [5.41, 5.74) is 0. The van der Waals surface area contributed by atoms with Crippen LogP contribution in [-0.2, 0) is 18.9 Å². The molecule has 3 aliphatic rings. The van der Waals surface area contributed by atoms with Crippen LogP contribution in [0.25, 0.3) is 0 Å². The van der Waals surface area contributed by atoms with Gasteiger partial charge in [0.05, 0.1) is 13.2 Å². The fourth-order valence-corrected chi connectivity index (χ4v) is 3.81. The number of ether oxygens (including phenoxy) is 4. The summed E-state index contributed by atoms with van der Waals surface area (Å²) in [5, 5.41) is 68.0. The molecular weight excluding hydrogens is 416 g/mol. The van der Waals surface area contributed by atoms with Gasteiger partial charge in [0.2, 0.25) is 0 Å². The minimum absolute atomic E-state index is 0. The van der Waals surface area contributed by atoms with Crippen molar-refractivity contribution >= 4 is 0 Å². The maximum absolute atomic E-state index is 10.2. The number of hydrogen-bond acceptors (Lipinski definition) is 11. The standard InChI is InChI=1S/C13H24O11.C6H12.CH4/c1-21-12-10(20)8(18)11(5(3-15)23-12)24-13-9(19)7(17)6(16)4(2-14)22-13;1-2-4-6-5-3-1;/h4-20H,2-3H2,1H3;1-6H2;1H4/t4?,5?,6-,7?,8?,9-,10-,11-,12+,13+;;/m0../s1. The summed E-state index contributed by atoms with van der Waals surface area (Å²) in [6.07, 6.45) is -5.30. The zero-order valence-electron chi connectivity index (χ0n) is 17.2. The highest BCUT2D eigenvalue weighted by atomic mass is 16.7. The summed E-state index contributed by atoms with van der Waals surface area (Å²) in [6, 6.07) is 0. The molecule has 2 heterocycles. The van der Waals surface area contributed by atoms with Crippen molar-refractivity contribution in [1.82, 2.24) is 0 Å². The second-order valence-electron chi connectivity index (χ2n) is 7.86. The van der Waals surface area contributed by atoms with E-state index in [1.807, 2.05) is 0 Å². The molecule has 0 aromatic rings. The van der Waals surface area contributed by atoms with Crippen LogP contribution < -0.4 is 0 Å². The van der Waals surface area contributed by atoms with Crippen LogP contribution in [-0.4, -0.2) is 117 Å². The smallest absolute Gasteiger partial charge is 0.187 e. The van der Waals surface area contributed by atoms with E-state index in [0.717, 1.165) is 0 Å². The first-order chi connectivity index (χ1) is 14.3. The predicted octanol–water partition coefficient (Wildman–Crippen LogP) is -1.77. The molecule has 0 bridgehead atoms. The zero-order valence-corrected chi connectivity index (χ0v) is 17.2. The van der Waals surface area contributed by atoms with Crippen LogP contribution in [0.4, 0.5) is 0 Å². The molecule has 11 heteroatoms. The Morgan fingerprint density at radius 3 is 1.55 bits per heavy atom. The lowest BCUT2D eigenvalue weighted by molar-refractivity contribution is -0.357. The molecule has 1 saturated carbocycles. The monoisotopic (exact) mass is 456 g/mol. The van der Waals surface area contributed by atoms with Gasteiger partial charge in [0.1, 0.15) is 48.8 Å². The molecule has 1 aliphatic carbocycles. The molecule has 0 spiro atoms. The van der Waals surface area contributed by atoms with E-state index in [2.05, 4.69) is 0 Å². The predicted molar refractivity (Wildman–Crippen MR) is 108 cm³/mol. The van der Waals surface area contributed by atoms with Gasteiger partial charge in [-0.25, -0.2) is 0 Å². The number of hydrogen-bond donors (Lipinski definition) is 7. The van der Waals surface area contributed by atoms with Gasteiger partial charge >= 0.3 is 0 Å². The molecule has 31 heavy (non-hydrogen) atoms. The lowest BCUT2D eigenvalue weighted by Crippen LogP contribution is -2.64. The van der Waals surface area contributed by atoms with Crippen molar-refractivity contribution in [2.75, 3.05) is 20.3 Å². The molecule has 7 N–H and O–H groups in total. The first-order valence-electron chi connectivity index (χ1n) is 10.5. The maximum atomic E-state index is 10.2. The number of aliphatic hydroxyl groups is 7. The summed E-state index contributed by atoms with van der Waals surface area (Å²) >= 11 is 0. The fourth-order valence-electron chi connectivity index (χ4n) is 3.81. The SMILES string of the molecule is C.C1CCCCC1.CO[C@@H]1OC(CO)[C@H](O[C@H]2OC(CO)[C@H](O)C(O)[C@@H]2O)C(O)[C@@H]1O. The molecule has 4 unspecified atom stereocenters. The summed E-state index contributed by atoms with van der Waals surface area (Å²) in [4.78, 5) is 0. The second kappa shape index (κ2) is 14.0. The Labute approximate surface area is 183 Å². The third-order valence-corrected chi connectivity index (χ3v) is 5.69. The minimum atomic E-state index is -1.69. The van der Waals surface area contributed by atoms with E-state index < -0.39 is 74.6 Å². The summed E-state index contributed by atoms with van der Waals surface area (Å²) in [5.74, 6) is 0. The van der Waals surface area contributed by atoms with E-state index in [9.17, 15) is 30.6 Å². The quantitative estimate of drug-likeness (QED) is 0.249. The van der Waals surface area contributed by atoms with Crippen LogP contribution in [0.2, 0.25) is 0 Å². The van der Waals surface area contributed by atoms with Crippen molar-refractivity contribution in [3.63, 3.8) is 0 Å². The van der Waals surface area contributed by atoms with Crippen LogP contribution in [0.15, 0.2) is 0 Å². The van der Waals surface area contributed by atoms with E-state index in [1.165, 1.54) is 45.6 Å². The van der Waals surface area contributed by atoms with Crippen molar-refractivity contribution < 1.29 is 54.7 Å². The Balaban J connectivity index is 0.000000591. The Kier molecular flexibility index (Phi) is 12.9. The van der Waals surface area contributed by atoms with Crippen LogP contribution in [0.5, 0.6) is 0 Å². The summed E-state index contributed by atoms with van der Waals surface area (Å²) < 4.78 is 20.6. The third-order valence-electron chi connectivity index (χ3n) is 5.69. The van der Waals surface area contributed by atoms with Gasteiger partial charge in [-0.15, -0.1) is 0 Å². The number of aliphatic hydroxyl groups excluding tert-OH is 7. The van der Waals surface area contributed by atoms with Crippen molar-refractivity contribution in [3.8, 4) is 0 Å². The molecule has 3 fully saturated rings. The van der Waals surface area contributed by atoms with E-state index in [0.29, 0.717) is 0 Å². The highest BCUT2D eigenvalue weighted by Crippen LogP contribution is 2.29. The molecule has 2 saturated heterocycles. The van der Waals surface area contributed by atoms with Crippen molar-refractivity contribution in [3.05, 3.63) is 0 Å². The zero-order chi connectivity index (χ0) is 22.3. The molecule has 3 rings (SSSR count). The summed E-state index contributed by atoms with van der Waals surface area (Å²) in [6.45, 7) is -1.24. The maximum Gasteiger partial charge on any atom is 0.187 e. The average molecular weight is 457 g/mol. The molecule has 11 nitrogen and oxygen atoms in total. The normalized spacial score (nSPS) is 43.4. The molecular formula is C20H40O11. The molecule has 0 radical (unpaired) electrons. The largest absolute Gasteiger partial charge is 0.394 e. The molecule has 10 atom stereocenters. The first kappa shape index (κ1) is 28.6. The third kappa shape index (κ3) is 7.27. The summed E-state index contributed by atoms with van der Waals surface area (Å²) in [7, 11) is 1.24. The molecule has 0 aromatic heterocycles. The second-order valence-corrected chi connectivity index (χ2v) is 7.86. The van der Waals surface area contributed by atoms with Gasteiger partial charge in [-0.2, -0.15) is 0 Å². The van der Waals surface area contributed by atoms with Gasteiger partial charge in [-0.3, -0.25) is 0 Å². The Bertz CT molecular complexity index is 463. The Morgan fingerprint density at radius 1 is 0.645 bits per heavy atom. The molecule has 0 aromatic carbocycles.